The molecule has 0 aliphatic carbocycles. The maximum absolute atomic E-state index is 7.04. The first kappa shape index (κ1) is 10.8. The van der Waals surface area contributed by atoms with E-state index in [1.165, 1.54) is 22.3 Å². The van der Waals surface area contributed by atoms with Crippen molar-refractivity contribution in [2.24, 2.45) is 0 Å². The molecule has 1 aliphatic rings. The van der Waals surface area contributed by atoms with Crippen molar-refractivity contribution >= 4 is 6.08 Å². The fraction of sp³-hybridized carbons (Fsp3) is 0.357. The molecule has 2 heteroatoms. The van der Waals surface area contributed by atoms with E-state index >= 15 is 0 Å². The molecule has 0 fully saturated rings. The van der Waals surface area contributed by atoms with Gasteiger partial charge in [-0.15, -0.1) is 0 Å². The molecule has 2 nitrogen and oxygen atoms in total. The summed E-state index contributed by atoms with van der Waals surface area (Å²) in [5.41, 5.74) is 6.76. The van der Waals surface area contributed by atoms with Gasteiger partial charge in [0.25, 0.3) is 0 Å². The molecule has 0 N–H and O–H groups in total. The third-order valence-electron chi connectivity index (χ3n) is 3.50. The van der Waals surface area contributed by atoms with Gasteiger partial charge in [0.15, 0.2) is 0 Å². The smallest absolute Gasteiger partial charge is 0.202 e. The summed E-state index contributed by atoms with van der Waals surface area (Å²) in [5.74, 6) is 0.952. The van der Waals surface area contributed by atoms with E-state index in [2.05, 4.69) is 32.5 Å². The first-order valence-corrected chi connectivity index (χ1v) is 5.37. The molecule has 1 aromatic rings. The van der Waals surface area contributed by atoms with E-state index < -0.39 is 0 Å². The summed E-state index contributed by atoms with van der Waals surface area (Å²) in [5, 5.41) is 0. The van der Waals surface area contributed by atoms with Crippen molar-refractivity contribution in [3.63, 3.8) is 0 Å². The number of hydrogen-bond acceptors (Lipinski definition) is 1. The normalized spacial score (nSPS) is 13.6. The van der Waals surface area contributed by atoms with Gasteiger partial charge in [-0.25, -0.2) is 4.85 Å². The van der Waals surface area contributed by atoms with Crippen LogP contribution in [0.25, 0.3) is 10.9 Å². The monoisotopic (exact) mass is 213 g/mol. The fourth-order valence-electron chi connectivity index (χ4n) is 2.09. The number of ether oxygens (including phenoxy) is 1. The lowest BCUT2D eigenvalue weighted by Crippen LogP contribution is -2.10. The van der Waals surface area contributed by atoms with Crippen molar-refractivity contribution in [1.82, 2.24) is 0 Å². The van der Waals surface area contributed by atoms with E-state index in [-0.39, 0.29) is 0 Å². The second-order valence-electron chi connectivity index (χ2n) is 4.28. The van der Waals surface area contributed by atoms with E-state index in [4.69, 9.17) is 11.3 Å². The molecular weight excluding hydrogens is 198 g/mol. The van der Waals surface area contributed by atoms with Crippen LogP contribution >= 0.6 is 0 Å². The SMILES string of the molecule is [C-]#[N+]C1=Cc2c(C)c(C)c(C)c(C)c2OC1. The van der Waals surface area contributed by atoms with Gasteiger partial charge in [0, 0.05) is 5.56 Å². The van der Waals surface area contributed by atoms with E-state index in [1.807, 2.05) is 6.08 Å². The molecule has 16 heavy (non-hydrogen) atoms. The molecule has 0 atom stereocenters. The second-order valence-corrected chi connectivity index (χ2v) is 4.28. The van der Waals surface area contributed by atoms with E-state index in [1.54, 1.807) is 0 Å². The van der Waals surface area contributed by atoms with Crippen LogP contribution in [-0.4, -0.2) is 6.61 Å². The number of fused-ring (bicyclic) bond motifs is 1. The standard InChI is InChI=1S/C14H15NO/c1-8-9(2)11(4)14-13(10(8)3)6-12(15-5)7-16-14/h6H,7H2,1-4H3. The predicted octanol–water partition coefficient (Wildman–Crippen LogP) is 3.57. The molecule has 82 valence electrons. The zero-order chi connectivity index (χ0) is 11.9. The molecule has 2 rings (SSSR count). The Balaban J connectivity index is 2.76. The Bertz CT molecular complexity index is 533. The minimum atomic E-state index is 0.402. The van der Waals surface area contributed by atoms with Gasteiger partial charge in [0.1, 0.15) is 12.4 Å². The highest BCUT2D eigenvalue weighted by Crippen LogP contribution is 2.36. The van der Waals surface area contributed by atoms with Crippen molar-refractivity contribution in [2.45, 2.75) is 27.7 Å². The lowest BCUT2D eigenvalue weighted by Gasteiger charge is -2.22. The highest BCUT2D eigenvalue weighted by Gasteiger charge is 2.19. The van der Waals surface area contributed by atoms with Gasteiger partial charge in [-0.05, 0) is 56.0 Å². The summed E-state index contributed by atoms with van der Waals surface area (Å²) in [6.07, 6.45) is 1.96. The van der Waals surface area contributed by atoms with Crippen molar-refractivity contribution in [1.29, 1.82) is 0 Å². The molecule has 0 saturated carbocycles. The molecule has 0 aromatic heterocycles. The molecule has 1 aliphatic heterocycles. The van der Waals surface area contributed by atoms with Gasteiger partial charge in [0.05, 0.1) is 6.57 Å². The van der Waals surface area contributed by atoms with Crippen LogP contribution in [0.3, 0.4) is 0 Å². The molecule has 0 amide bonds. The van der Waals surface area contributed by atoms with Crippen LogP contribution < -0.4 is 4.74 Å². The maximum Gasteiger partial charge on any atom is 0.202 e. The van der Waals surface area contributed by atoms with Crippen molar-refractivity contribution in [3.05, 3.63) is 44.9 Å². The summed E-state index contributed by atoms with van der Waals surface area (Å²) in [6, 6.07) is 0. The quantitative estimate of drug-likeness (QED) is 0.601. The summed E-state index contributed by atoms with van der Waals surface area (Å²) >= 11 is 0. The highest BCUT2D eigenvalue weighted by molar-refractivity contribution is 5.71. The maximum atomic E-state index is 7.04. The van der Waals surface area contributed by atoms with Gasteiger partial charge in [-0.2, -0.15) is 0 Å². The largest absolute Gasteiger partial charge is 0.499 e. The van der Waals surface area contributed by atoms with Crippen LogP contribution in [0.2, 0.25) is 0 Å². The molecule has 1 aromatic carbocycles. The molecule has 1 heterocycles. The Morgan fingerprint density at radius 1 is 1.06 bits per heavy atom. The topological polar surface area (TPSA) is 13.6 Å². The molecule has 0 unspecified atom stereocenters. The number of hydrogen-bond donors (Lipinski definition) is 0. The van der Waals surface area contributed by atoms with E-state index in [0.29, 0.717) is 12.3 Å². The van der Waals surface area contributed by atoms with Crippen molar-refractivity contribution in [3.8, 4) is 5.75 Å². The number of rotatable bonds is 0. The van der Waals surface area contributed by atoms with Crippen molar-refractivity contribution < 1.29 is 4.74 Å². The molecule has 0 bridgehead atoms. The number of nitrogens with zero attached hydrogens (tertiary/aromatic N) is 1. The van der Waals surface area contributed by atoms with Gasteiger partial charge in [-0.3, -0.25) is 0 Å². The van der Waals surface area contributed by atoms with Crippen LogP contribution in [0, 0.1) is 34.3 Å². The highest BCUT2D eigenvalue weighted by atomic mass is 16.5. The zero-order valence-electron chi connectivity index (χ0n) is 10.1. The van der Waals surface area contributed by atoms with Gasteiger partial charge in [0.2, 0.25) is 5.70 Å². The first-order chi connectivity index (χ1) is 7.56. The van der Waals surface area contributed by atoms with E-state index in [0.717, 1.165) is 11.3 Å². The van der Waals surface area contributed by atoms with Gasteiger partial charge < -0.3 is 4.74 Å². The molecular formula is C14H15NO. The Morgan fingerprint density at radius 2 is 1.69 bits per heavy atom. The average Bonchev–Trinajstić information content (AvgIpc) is 2.33. The Hall–Kier alpha value is -1.75. The Labute approximate surface area is 96.4 Å². The van der Waals surface area contributed by atoms with Crippen LogP contribution in [-0.2, 0) is 0 Å². The molecule has 0 spiro atoms. The van der Waals surface area contributed by atoms with Crippen molar-refractivity contribution in [2.75, 3.05) is 6.61 Å². The third-order valence-corrected chi connectivity index (χ3v) is 3.50. The average molecular weight is 213 g/mol. The summed E-state index contributed by atoms with van der Waals surface area (Å²) in [6.45, 7) is 15.9. The zero-order valence-corrected chi connectivity index (χ0v) is 10.1. The van der Waals surface area contributed by atoms with Crippen LogP contribution in [0.4, 0.5) is 0 Å². The first-order valence-electron chi connectivity index (χ1n) is 5.37. The third kappa shape index (κ3) is 1.40. The minimum absolute atomic E-state index is 0.402. The summed E-state index contributed by atoms with van der Waals surface area (Å²) in [7, 11) is 0. The molecule has 0 saturated heterocycles. The minimum Gasteiger partial charge on any atom is -0.499 e. The summed E-state index contributed by atoms with van der Waals surface area (Å²) in [4.78, 5) is 3.46. The lowest BCUT2D eigenvalue weighted by molar-refractivity contribution is 0.347. The van der Waals surface area contributed by atoms with Gasteiger partial charge >= 0.3 is 0 Å². The van der Waals surface area contributed by atoms with Crippen LogP contribution in [0.15, 0.2) is 5.70 Å². The van der Waals surface area contributed by atoms with Crippen LogP contribution in [0.5, 0.6) is 5.75 Å². The lowest BCUT2D eigenvalue weighted by atomic mass is 9.92. The summed E-state index contributed by atoms with van der Waals surface area (Å²) < 4.78 is 5.69. The molecule has 0 radical (unpaired) electrons. The Kier molecular flexibility index (Phi) is 2.47. The second kappa shape index (κ2) is 3.68. The van der Waals surface area contributed by atoms with E-state index in [9.17, 15) is 0 Å². The van der Waals surface area contributed by atoms with Crippen LogP contribution in [0.1, 0.15) is 27.8 Å². The Morgan fingerprint density at radius 3 is 2.31 bits per heavy atom. The van der Waals surface area contributed by atoms with Gasteiger partial charge in [-0.1, -0.05) is 0 Å². The predicted molar refractivity (Wildman–Crippen MR) is 65.5 cm³/mol. The fourth-order valence-corrected chi connectivity index (χ4v) is 2.09. The number of benzene rings is 1.